The first kappa shape index (κ1) is 19.9. The monoisotopic (exact) mass is 286 g/mol. The zero-order chi connectivity index (χ0) is 15.7. The van der Waals surface area contributed by atoms with Gasteiger partial charge in [-0.1, -0.05) is 74.1 Å². The molecule has 3 unspecified atom stereocenters. The summed E-state index contributed by atoms with van der Waals surface area (Å²) in [5.74, 6) is 2.88. The topological polar surface area (TPSA) is 29.5 Å². The van der Waals surface area contributed by atoms with Gasteiger partial charge in [0.1, 0.15) is 0 Å². The SMILES string of the molecule is CCC(CC)C(COC(O)C(C)C)C(C)CCC(C)C. The summed E-state index contributed by atoms with van der Waals surface area (Å²) >= 11 is 0. The van der Waals surface area contributed by atoms with E-state index in [0.29, 0.717) is 24.4 Å². The van der Waals surface area contributed by atoms with Gasteiger partial charge in [-0.05, 0) is 23.7 Å². The minimum absolute atomic E-state index is 0.170. The zero-order valence-corrected chi connectivity index (χ0v) is 14.9. The zero-order valence-electron chi connectivity index (χ0n) is 14.9. The quantitative estimate of drug-likeness (QED) is 0.535. The Labute approximate surface area is 127 Å². The first-order valence-electron chi connectivity index (χ1n) is 8.62. The van der Waals surface area contributed by atoms with Crippen molar-refractivity contribution in [3.8, 4) is 0 Å². The lowest BCUT2D eigenvalue weighted by atomic mass is 9.77. The molecule has 0 fully saturated rings. The van der Waals surface area contributed by atoms with E-state index in [2.05, 4.69) is 34.6 Å². The molecule has 0 amide bonds. The second-order valence-corrected chi connectivity index (χ2v) is 7.16. The van der Waals surface area contributed by atoms with Crippen molar-refractivity contribution in [2.45, 2.75) is 80.4 Å². The Balaban J connectivity index is 4.54. The molecule has 2 heteroatoms. The van der Waals surface area contributed by atoms with Gasteiger partial charge in [0.2, 0.25) is 0 Å². The average molecular weight is 286 g/mol. The van der Waals surface area contributed by atoms with Crippen molar-refractivity contribution in [2.24, 2.45) is 29.6 Å². The van der Waals surface area contributed by atoms with E-state index in [0.717, 1.165) is 5.92 Å². The van der Waals surface area contributed by atoms with Crippen LogP contribution in [-0.2, 0) is 4.74 Å². The van der Waals surface area contributed by atoms with Gasteiger partial charge in [-0.2, -0.15) is 0 Å². The van der Waals surface area contributed by atoms with Gasteiger partial charge < -0.3 is 9.84 Å². The maximum Gasteiger partial charge on any atom is 0.156 e. The van der Waals surface area contributed by atoms with E-state index in [9.17, 15) is 5.11 Å². The van der Waals surface area contributed by atoms with Gasteiger partial charge in [0.15, 0.2) is 6.29 Å². The molecule has 0 spiro atoms. The van der Waals surface area contributed by atoms with E-state index >= 15 is 0 Å². The lowest BCUT2D eigenvalue weighted by Crippen LogP contribution is -2.30. The van der Waals surface area contributed by atoms with E-state index in [4.69, 9.17) is 4.74 Å². The fraction of sp³-hybridized carbons (Fsp3) is 1.00. The van der Waals surface area contributed by atoms with E-state index in [1.165, 1.54) is 25.7 Å². The first-order chi connectivity index (χ1) is 9.33. The Morgan fingerprint density at radius 2 is 1.45 bits per heavy atom. The molecule has 0 saturated heterocycles. The maximum absolute atomic E-state index is 9.88. The van der Waals surface area contributed by atoms with Crippen molar-refractivity contribution in [3.63, 3.8) is 0 Å². The van der Waals surface area contributed by atoms with Crippen molar-refractivity contribution in [1.82, 2.24) is 0 Å². The highest BCUT2D eigenvalue weighted by atomic mass is 16.6. The third kappa shape index (κ3) is 7.64. The second-order valence-electron chi connectivity index (χ2n) is 7.16. The molecule has 1 N–H and O–H groups in total. The van der Waals surface area contributed by atoms with E-state index in [1.54, 1.807) is 0 Å². The van der Waals surface area contributed by atoms with Crippen molar-refractivity contribution >= 4 is 0 Å². The molecule has 0 aliphatic rings. The van der Waals surface area contributed by atoms with Crippen molar-refractivity contribution in [1.29, 1.82) is 0 Å². The van der Waals surface area contributed by atoms with Gasteiger partial charge in [-0.3, -0.25) is 0 Å². The van der Waals surface area contributed by atoms with Crippen LogP contribution in [0.3, 0.4) is 0 Å². The number of hydrogen-bond donors (Lipinski definition) is 1. The van der Waals surface area contributed by atoms with Crippen LogP contribution in [0.15, 0.2) is 0 Å². The maximum atomic E-state index is 9.88. The van der Waals surface area contributed by atoms with Crippen LogP contribution in [-0.4, -0.2) is 18.0 Å². The highest BCUT2D eigenvalue weighted by Crippen LogP contribution is 2.31. The Hall–Kier alpha value is -0.0800. The molecule has 0 aliphatic carbocycles. The molecule has 0 rings (SSSR count). The van der Waals surface area contributed by atoms with Crippen molar-refractivity contribution in [2.75, 3.05) is 6.61 Å². The van der Waals surface area contributed by atoms with Crippen LogP contribution in [0.2, 0.25) is 0 Å². The predicted octanol–water partition coefficient (Wildman–Crippen LogP) is 5.10. The number of ether oxygens (including phenoxy) is 1. The highest BCUT2D eigenvalue weighted by Gasteiger charge is 2.26. The minimum atomic E-state index is -0.621. The summed E-state index contributed by atoms with van der Waals surface area (Å²) in [4.78, 5) is 0. The normalized spacial score (nSPS) is 16.9. The molecule has 0 aromatic heterocycles. The third-order valence-corrected chi connectivity index (χ3v) is 4.61. The molecular weight excluding hydrogens is 248 g/mol. The Kier molecular flexibility index (Phi) is 10.6. The van der Waals surface area contributed by atoms with Gasteiger partial charge in [-0.25, -0.2) is 0 Å². The van der Waals surface area contributed by atoms with E-state index in [-0.39, 0.29) is 5.92 Å². The number of aliphatic hydroxyl groups is 1. The van der Waals surface area contributed by atoms with Gasteiger partial charge in [0, 0.05) is 5.92 Å². The van der Waals surface area contributed by atoms with Crippen LogP contribution in [0, 0.1) is 29.6 Å². The van der Waals surface area contributed by atoms with E-state index < -0.39 is 6.29 Å². The molecule has 0 aromatic rings. The number of aliphatic hydroxyl groups excluding tert-OH is 1. The summed E-state index contributed by atoms with van der Waals surface area (Å²) in [5, 5.41) is 9.88. The highest BCUT2D eigenvalue weighted by molar-refractivity contribution is 4.74. The van der Waals surface area contributed by atoms with Crippen LogP contribution in [0.4, 0.5) is 0 Å². The van der Waals surface area contributed by atoms with Crippen molar-refractivity contribution < 1.29 is 9.84 Å². The van der Waals surface area contributed by atoms with Crippen LogP contribution in [0.1, 0.15) is 74.1 Å². The molecule has 2 nitrogen and oxygen atoms in total. The molecule has 0 radical (unpaired) electrons. The molecule has 0 aliphatic heterocycles. The summed E-state index contributed by atoms with van der Waals surface area (Å²) in [7, 11) is 0. The lowest BCUT2D eigenvalue weighted by molar-refractivity contribution is -0.143. The lowest BCUT2D eigenvalue weighted by Gasteiger charge is -2.32. The summed E-state index contributed by atoms with van der Waals surface area (Å²) in [6, 6.07) is 0. The first-order valence-corrected chi connectivity index (χ1v) is 8.62. The largest absolute Gasteiger partial charge is 0.368 e. The third-order valence-electron chi connectivity index (χ3n) is 4.61. The summed E-state index contributed by atoms with van der Waals surface area (Å²) in [5.41, 5.74) is 0. The van der Waals surface area contributed by atoms with Crippen LogP contribution in [0.5, 0.6) is 0 Å². The molecular formula is C18H38O2. The fourth-order valence-electron chi connectivity index (χ4n) is 2.87. The smallest absolute Gasteiger partial charge is 0.156 e. The minimum Gasteiger partial charge on any atom is -0.368 e. The average Bonchev–Trinajstić information content (AvgIpc) is 2.40. The van der Waals surface area contributed by atoms with Crippen LogP contribution < -0.4 is 0 Å². The Bertz CT molecular complexity index is 221. The van der Waals surface area contributed by atoms with Gasteiger partial charge in [-0.15, -0.1) is 0 Å². The van der Waals surface area contributed by atoms with Gasteiger partial charge in [0.05, 0.1) is 6.61 Å². The Morgan fingerprint density at radius 3 is 1.85 bits per heavy atom. The molecule has 3 atom stereocenters. The van der Waals surface area contributed by atoms with Crippen molar-refractivity contribution in [3.05, 3.63) is 0 Å². The molecule has 0 bridgehead atoms. The van der Waals surface area contributed by atoms with Gasteiger partial charge >= 0.3 is 0 Å². The van der Waals surface area contributed by atoms with Crippen LogP contribution in [0.25, 0.3) is 0 Å². The van der Waals surface area contributed by atoms with Crippen LogP contribution >= 0.6 is 0 Å². The molecule has 0 saturated carbocycles. The molecule has 122 valence electrons. The summed E-state index contributed by atoms with van der Waals surface area (Å²) < 4.78 is 5.73. The summed E-state index contributed by atoms with van der Waals surface area (Å²) in [6.45, 7) is 16.2. The summed E-state index contributed by atoms with van der Waals surface area (Å²) in [6.07, 6.45) is 4.33. The fourth-order valence-corrected chi connectivity index (χ4v) is 2.87. The predicted molar refractivity (Wildman–Crippen MR) is 87.6 cm³/mol. The standard InChI is InChI=1S/C18H38O2/c1-8-16(9-2)17(12-20-18(19)14(5)6)15(7)11-10-13(3)4/h13-19H,8-12H2,1-7H3. The number of hydrogen-bond acceptors (Lipinski definition) is 2. The molecule has 20 heavy (non-hydrogen) atoms. The Morgan fingerprint density at radius 1 is 0.900 bits per heavy atom. The van der Waals surface area contributed by atoms with Gasteiger partial charge in [0.25, 0.3) is 0 Å². The molecule has 0 heterocycles. The number of rotatable bonds is 11. The molecule has 0 aromatic carbocycles. The van der Waals surface area contributed by atoms with E-state index in [1.807, 2.05) is 13.8 Å². The second kappa shape index (κ2) is 10.6.